The minimum Gasteiger partial charge on any atom is -0.389 e. The predicted octanol–water partition coefficient (Wildman–Crippen LogP) is 1.12. The van der Waals surface area contributed by atoms with Gasteiger partial charge in [0, 0.05) is 25.8 Å². The number of sulfonamides is 1. The number of ether oxygens (including phenoxy) is 1. The highest BCUT2D eigenvalue weighted by Crippen LogP contribution is 2.24. The predicted molar refractivity (Wildman–Crippen MR) is 81.1 cm³/mol. The maximum Gasteiger partial charge on any atom is 0.243 e. The van der Waals surface area contributed by atoms with Crippen LogP contribution in [0.2, 0.25) is 0 Å². The molecular weight excluding hydrogens is 296 g/mol. The fourth-order valence-electron chi connectivity index (χ4n) is 2.35. The second-order valence-corrected chi connectivity index (χ2v) is 7.07. The van der Waals surface area contributed by atoms with Gasteiger partial charge in [-0.3, -0.25) is 0 Å². The number of thiocarbonyl (C=S) groups is 1. The SMILES string of the molecule is COC1CCCN(S(=O)(=O)c2ccccc2C(N)=S)C1. The van der Waals surface area contributed by atoms with Crippen molar-refractivity contribution in [3.63, 3.8) is 0 Å². The van der Waals surface area contributed by atoms with Crippen LogP contribution in [0.15, 0.2) is 29.2 Å². The highest BCUT2D eigenvalue weighted by atomic mass is 32.2. The highest BCUT2D eigenvalue weighted by Gasteiger charge is 2.31. The standard InChI is InChI=1S/C13H18N2O3S2/c1-18-10-5-4-8-15(9-10)20(16,17)12-7-3-2-6-11(12)13(14)19/h2-3,6-7,10H,4-5,8-9H2,1H3,(H2,14,19). The monoisotopic (exact) mass is 314 g/mol. The van der Waals surface area contributed by atoms with E-state index >= 15 is 0 Å². The van der Waals surface area contributed by atoms with Crippen LogP contribution in [-0.4, -0.2) is 44.0 Å². The minimum absolute atomic E-state index is 0.0597. The molecule has 0 bridgehead atoms. The van der Waals surface area contributed by atoms with E-state index in [1.54, 1.807) is 31.4 Å². The Morgan fingerprint density at radius 2 is 2.15 bits per heavy atom. The van der Waals surface area contributed by atoms with Crippen molar-refractivity contribution in [1.82, 2.24) is 4.31 Å². The quantitative estimate of drug-likeness (QED) is 0.843. The van der Waals surface area contributed by atoms with E-state index in [0.29, 0.717) is 18.7 Å². The largest absolute Gasteiger partial charge is 0.389 e. The first-order chi connectivity index (χ1) is 9.46. The molecule has 1 heterocycles. The lowest BCUT2D eigenvalue weighted by Gasteiger charge is -2.31. The van der Waals surface area contributed by atoms with Crippen molar-refractivity contribution < 1.29 is 13.2 Å². The Kier molecular flexibility index (Phi) is 4.74. The zero-order valence-corrected chi connectivity index (χ0v) is 12.9. The molecule has 0 saturated carbocycles. The van der Waals surface area contributed by atoms with Gasteiger partial charge >= 0.3 is 0 Å². The van der Waals surface area contributed by atoms with Crippen molar-refractivity contribution in [1.29, 1.82) is 0 Å². The lowest BCUT2D eigenvalue weighted by Crippen LogP contribution is -2.43. The molecule has 1 aromatic carbocycles. The molecule has 110 valence electrons. The maximum absolute atomic E-state index is 12.7. The van der Waals surface area contributed by atoms with Crippen molar-refractivity contribution in [2.24, 2.45) is 5.73 Å². The topological polar surface area (TPSA) is 72.6 Å². The van der Waals surface area contributed by atoms with Crippen LogP contribution in [-0.2, 0) is 14.8 Å². The van der Waals surface area contributed by atoms with Crippen molar-refractivity contribution in [3.05, 3.63) is 29.8 Å². The summed E-state index contributed by atoms with van der Waals surface area (Å²) < 4.78 is 32.2. The summed E-state index contributed by atoms with van der Waals surface area (Å²) in [5, 5.41) is 0. The molecule has 2 rings (SSSR count). The second-order valence-electron chi connectivity index (χ2n) is 4.72. The molecule has 0 aromatic heterocycles. The molecule has 5 nitrogen and oxygen atoms in total. The van der Waals surface area contributed by atoms with Gasteiger partial charge < -0.3 is 10.5 Å². The van der Waals surface area contributed by atoms with E-state index < -0.39 is 10.0 Å². The van der Waals surface area contributed by atoms with E-state index in [1.807, 2.05) is 0 Å². The number of hydrogen-bond donors (Lipinski definition) is 1. The Hall–Kier alpha value is -1.02. The molecule has 1 atom stereocenters. The van der Waals surface area contributed by atoms with Gasteiger partial charge in [0.2, 0.25) is 10.0 Å². The van der Waals surface area contributed by atoms with Crippen molar-refractivity contribution >= 4 is 27.2 Å². The molecule has 1 fully saturated rings. The Labute approximate surface area is 124 Å². The van der Waals surface area contributed by atoms with Gasteiger partial charge in [-0.2, -0.15) is 4.31 Å². The molecule has 1 aliphatic heterocycles. The molecule has 0 spiro atoms. The molecule has 1 aromatic rings. The summed E-state index contributed by atoms with van der Waals surface area (Å²) in [6.45, 7) is 0.859. The van der Waals surface area contributed by atoms with Crippen LogP contribution in [0, 0.1) is 0 Å². The molecule has 20 heavy (non-hydrogen) atoms. The van der Waals surface area contributed by atoms with Gasteiger partial charge in [-0.05, 0) is 18.9 Å². The highest BCUT2D eigenvalue weighted by molar-refractivity contribution is 7.89. The Bertz CT molecular complexity index is 601. The van der Waals surface area contributed by atoms with Crippen molar-refractivity contribution in [2.75, 3.05) is 20.2 Å². The van der Waals surface area contributed by atoms with Crippen LogP contribution < -0.4 is 5.73 Å². The van der Waals surface area contributed by atoms with Gasteiger partial charge in [0.15, 0.2) is 0 Å². The van der Waals surface area contributed by atoms with Crippen LogP contribution in [0.25, 0.3) is 0 Å². The van der Waals surface area contributed by atoms with Crippen LogP contribution >= 0.6 is 12.2 Å². The Balaban J connectivity index is 2.38. The van der Waals surface area contributed by atoms with Crippen LogP contribution in [0.4, 0.5) is 0 Å². The number of hydrogen-bond acceptors (Lipinski definition) is 4. The molecule has 0 radical (unpaired) electrons. The average molecular weight is 314 g/mol. The van der Waals surface area contributed by atoms with E-state index in [-0.39, 0.29) is 16.0 Å². The first-order valence-corrected chi connectivity index (χ1v) is 8.23. The van der Waals surface area contributed by atoms with Crippen LogP contribution in [0.3, 0.4) is 0 Å². The Morgan fingerprint density at radius 3 is 2.80 bits per heavy atom. The third-order valence-electron chi connectivity index (χ3n) is 3.44. The molecule has 1 saturated heterocycles. The molecule has 0 amide bonds. The smallest absolute Gasteiger partial charge is 0.243 e. The number of piperidine rings is 1. The van der Waals surface area contributed by atoms with E-state index in [2.05, 4.69) is 0 Å². The van der Waals surface area contributed by atoms with Gasteiger partial charge in [-0.1, -0.05) is 30.4 Å². The van der Waals surface area contributed by atoms with Crippen LogP contribution in [0.1, 0.15) is 18.4 Å². The molecule has 1 aliphatic rings. The number of rotatable bonds is 4. The van der Waals surface area contributed by atoms with Gasteiger partial charge in [0.05, 0.1) is 11.0 Å². The second kappa shape index (κ2) is 6.17. The van der Waals surface area contributed by atoms with Crippen molar-refractivity contribution in [3.8, 4) is 0 Å². The molecule has 2 N–H and O–H groups in total. The summed E-state index contributed by atoms with van der Waals surface area (Å²) in [6.07, 6.45) is 1.60. The first kappa shape index (κ1) is 15.4. The Morgan fingerprint density at radius 1 is 1.45 bits per heavy atom. The molecule has 7 heteroatoms. The maximum atomic E-state index is 12.7. The zero-order chi connectivity index (χ0) is 14.8. The van der Waals surface area contributed by atoms with Gasteiger partial charge in [0.1, 0.15) is 4.99 Å². The van der Waals surface area contributed by atoms with Crippen molar-refractivity contribution in [2.45, 2.75) is 23.8 Å². The number of nitrogens with zero attached hydrogens (tertiary/aromatic N) is 1. The molecular formula is C13H18N2O3S2. The fraction of sp³-hybridized carbons (Fsp3) is 0.462. The molecule has 1 unspecified atom stereocenters. The summed E-state index contributed by atoms with van der Waals surface area (Å²) >= 11 is 4.94. The lowest BCUT2D eigenvalue weighted by atomic mass is 10.1. The third-order valence-corrected chi connectivity index (χ3v) is 5.59. The van der Waals surface area contributed by atoms with Gasteiger partial charge in [-0.25, -0.2) is 8.42 Å². The summed E-state index contributed by atoms with van der Waals surface area (Å²) in [5.41, 5.74) is 6.01. The summed E-state index contributed by atoms with van der Waals surface area (Å²) in [4.78, 5) is 0.258. The fourth-order valence-corrected chi connectivity index (χ4v) is 4.31. The zero-order valence-electron chi connectivity index (χ0n) is 11.3. The number of benzene rings is 1. The number of nitrogens with two attached hydrogens (primary N) is 1. The number of methoxy groups -OCH3 is 1. The van der Waals surface area contributed by atoms with E-state index in [9.17, 15) is 8.42 Å². The van der Waals surface area contributed by atoms with Crippen LogP contribution in [0.5, 0.6) is 0 Å². The first-order valence-electron chi connectivity index (χ1n) is 6.38. The molecule has 0 aliphatic carbocycles. The van der Waals surface area contributed by atoms with E-state index in [0.717, 1.165) is 12.8 Å². The lowest BCUT2D eigenvalue weighted by molar-refractivity contribution is 0.0572. The summed E-state index contributed by atoms with van der Waals surface area (Å²) in [7, 11) is -1.99. The van der Waals surface area contributed by atoms with E-state index in [1.165, 1.54) is 4.31 Å². The van der Waals surface area contributed by atoms with E-state index in [4.69, 9.17) is 22.7 Å². The summed E-state index contributed by atoms with van der Waals surface area (Å²) in [5.74, 6) is 0. The normalized spacial score (nSPS) is 20.8. The third kappa shape index (κ3) is 3.01. The summed E-state index contributed by atoms with van der Waals surface area (Å²) in [6, 6.07) is 6.57. The van der Waals surface area contributed by atoms with Gasteiger partial charge in [0.25, 0.3) is 0 Å². The minimum atomic E-state index is -3.59. The average Bonchev–Trinajstić information content (AvgIpc) is 2.47. The van der Waals surface area contributed by atoms with Gasteiger partial charge in [-0.15, -0.1) is 0 Å².